The van der Waals surface area contributed by atoms with Gasteiger partial charge in [0.1, 0.15) is 0 Å². The summed E-state index contributed by atoms with van der Waals surface area (Å²) in [6.45, 7) is 5.88. The summed E-state index contributed by atoms with van der Waals surface area (Å²) < 4.78 is 0. The summed E-state index contributed by atoms with van der Waals surface area (Å²) in [6, 6.07) is 3.75. The van der Waals surface area contributed by atoms with E-state index in [0.29, 0.717) is 6.04 Å². The summed E-state index contributed by atoms with van der Waals surface area (Å²) in [5.74, 6) is -0.0310. The lowest BCUT2D eigenvalue weighted by molar-refractivity contribution is 0.120. The number of piperazine rings is 1. The smallest absolute Gasteiger partial charge is 0.157 e. The first-order chi connectivity index (χ1) is 9.15. The van der Waals surface area contributed by atoms with Crippen molar-refractivity contribution in [3.8, 4) is 11.5 Å². The van der Waals surface area contributed by atoms with Crippen LogP contribution in [-0.2, 0) is 6.54 Å². The zero-order chi connectivity index (χ0) is 13.4. The molecular formula is C14H21N3O2. The lowest BCUT2D eigenvalue weighted by Crippen LogP contribution is -2.49. The summed E-state index contributed by atoms with van der Waals surface area (Å²) >= 11 is 0. The second-order valence-electron chi connectivity index (χ2n) is 5.54. The minimum absolute atomic E-state index is 0.0107. The molecule has 0 aliphatic carbocycles. The van der Waals surface area contributed by atoms with Crippen molar-refractivity contribution in [2.75, 3.05) is 39.8 Å². The van der Waals surface area contributed by atoms with Gasteiger partial charge in [0.25, 0.3) is 0 Å². The first-order valence-corrected chi connectivity index (χ1v) is 6.83. The van der Waals surface area contributed by atoms with E-state index in [9.17, 15) is 10.2 Å². The van der Waals surface area contributed by atoms with Crippen molar-refractivity contribution in [1.29, 1.82) is 0 Å². The van der Waals surface area contributed by atoms with E-state index in [1.165, 1.54) is 0 Å². The van der Waals surface area contributed by atoms with E-state index >= 15 is 0 Å². The molecule has 19 heavy (non-hydrogen) atoms. The Labute approximate surface area is 113 Å². The highest BCUT2D eigenvalue weighted by Crippen LogP contribution is 2.37. The fourth-order valence-corrected chi connectivity index (χ4v) is 3.14. The van der Waals surface area contributed by atoms with E-state index in [4.69, 9.17) is 0 Å². The van der Waals surface area contributed by atoms with Crippen molar-refractivity contribution in [3.63, 3.8) is 0 Å². The number of phenolic OH excluding ortho intramolecular Hbond substituents is 2. The van der Waals surface area contributed by atoms with Crippen molar-refractivity contribution in [3.05, 3.63) is 23.3 Å². The molecule has 3 rings (SSSR count). The van der Waals surface area contributed by atoms with Gasteiger partial charge in [-0.2, -0.15) is 0 Å². The van der Waals surface area contributed by atoms with Crippen molar-refractivity contribution in [1.82, 2.24) is 15.1 Å². The lowest BCUT2D eigenvalue weighted by Gasteiger charge is -2.41. The van der Waals surface area contributed by atoms with Gasteiger partial charge in [0.2, 0.25) is 0 Å². The van der Waals surface area contributed by atoms with E-state index in [0.717, 1.165) is 50.4 Å². The van der Waals surface area contributed by atoms with Crippen LogP contribution in [0.4, 0.5) is 0 Å². The lowest BCUT2D eigenvalue weighted by atomic mass is 9.93. The molecule has 1 atom stereocenters. The second kappa shape index (κ2) is 5.00. The molecule has 2 aliphatic rings. The fourth-order valence-electron chi connectivity index (χ4n) is 3.14. The van der Waals surface area contributed by atoms with Gasteiger partial charge in [-0.3, -0.25) is 4.90 Å². The molecule has 2 aliphatic heterocycles. The normalized spacial score (nSPS) is 25.2. The van der Waals surface area contributed by atoms with Gasteiger partial charge in [-0.15, -0.1) is 0 Å². The van der Waals surface area contributed by atoms with Gasteiger partial charge >= 0.3 is 0 Å². The predicted molar refractivity (Wildman–Crippen MR) is 73.3 cm³/mol. The molecule has 1 saturated heterocycles. The van der Waals surface area contributed by atoms with E-state index < -0.39 is 0 Å². The number of hydrogen-bond acceptors (Lipinski definition) is 5. The van der Waals surface area contributed by atoms with Gasteiger partial charge in [-0.1, -0.05) is 0 Å². The molecule has 0 amide bonds. The first kappa shape index (κ1) is 12.7. The number of benzene rings is 1. The third kappa shape index (κ3) is 2.41. The van der Waals surface area contributed by atoms with Gasteiger partial charge in [0, 0.05) is 45.3 Å². The third-order valence-electron chi connectivity index (χ3n) is 4.11. The van der Waals surface area contributed by atoms with Gasteiger partial charge in [0.05, 0.1) is 0 Å². The molecule has 0 aromatic heterocycles. The Hall–Kier alpha value is -1.30. The van der Waals surface area contributed by atoms with Crippen LogP contribution in [0.3, 0.4) is 0 Å². The van der Waals surface area contributed by atoms with Gasteiger partial charge < -0.3 is 20.4 Å². The van der Waals surface area contributed by atoms with Gasteiger partial charge in [-0.25, -0.2) is 0 Å². The number of phenols is 2. The molecule has 1 fully saturated rings. The molecular weight excluding hydrogens is 242 g/mol. The summed E-state index contributed by atoms with van der Waals surface area (Å²) in [6.07, 6.45) is 0. The Morgan fingerprint density at radius 3 is 2.58 bits per heavy atom. The average Bonchev–Trinajstić information content (AvgIpc) is 2.41. The quantitative estimate of drug-likeness (QED) is 0.644. The van der Waals surface area contributed by atoms with Crippen molar-refractivity contribution in [2.24, 2.45) is 0 Å². The maximum atomic E-state index is 9.76. The van der Waals surface area contributed by atoms with Crippen LogP contribution >= 0.6 is 0 Å². The maximum Gasteiger partial charge on any atom is 0.157 e. The Kier molecular flexibility index (Phi) is 3.35. The van der Waals surface area contributed by atoms with Crippen LogP contribution in [0.15, 0.2) is 12.1 Å². The molecule has 0 bridgehead atoms. The predicted octanol–water partition coefficient (Wildman–Crippen LogP) is 0.489. The number of aromatic hydroxyl groups is 2. The molecule has 1 aromatic carbocycles. The number of likely N-dealkylation sites (N-methyl/N-ethyl adjacent to an activating group) is 1. The van der Waals surface area contributed by atoms with Crippen molar-refractivity contribution in [2.45, 2.75) is 12.6 Å². The van der Waals surface area contributed by atoms with Crippen LogP contribution < -0.4 is 5.32 Å². The average molecular weight is 263 g/mol. The van der Waals surface area contributed by atoms with Crippen LogP contribution in [0.25, 0.3) is 0 Å². The topological polar surface area (TPSA) is 59.0 Å². The molecule has 104 valence electrons. The summed E-state index contributed by atoms with van der Waals surface area (Å²) in [5, 5.41) is 22.8. The molecule has 0 spiro atoms. The number of hydrogen-bond donors (Lipinski definition) is 3. The minimum Gasteiger partial charge on any atom is -0.504 e. The van der Waals surface area contributed by atoms with E-state index in [1.54, 1.807) is 12.1 Å². The van der Waals surface area contributed by atoms with Crippen molar-refractivity contribution >= 4 is 0 Å². The van der Waals surface area contributed by atoms with Gasteiger partial charge in [0.15, 0.2) is 11.5 Å². The number of rotatable bonds is 1. The summed E-state index contributed by atoms with van der Waals surface area (Å²) in [7, 11) is 2.10. The molecule has 0 radical (unpaired) electrons. The zero-order valence-corrected chi connectivity index (χ0v) is 11.3. The molecule has 1 unspecified atom stereocenters. The summed E-state index contributed by atoms with van der Waals surface area (Å²) in [5.41, 5.74) is 2.28. The van der Waals surface area contributed by atoms with Crippen LogP contribution in [0, 0.1) is 0 Å². The Bertz CT molecular complexity index is 472. The van der Waals surface area contributed by atoms with Gasteiger partial charge in [-0.05, 0) is 30.3 Å². The summed E-state index contributed by atoms with van der Waals surface area (Å²) in [4.78, 5) is 4.73. The number of fused-ring (bicyclic) bond motifs is 1. The fraction of sp³-hybridized carbons (Fsp3) is 0.571. The monoisotopic (exact) mass is 263 g/mol. The molecule has 0 saturated carbocycles. The largest absolute Gasteiger partial charge is 0.504 e. The van der Waals surface area contributed by atoms with Crippen LogP contribution in [0.2, 0.25) is 0 Å². The van der Waals surface area contributed by atoms with Crippen molar-refractivity contribution < 1.29 is 10.2 Å². The van der Waals surface area contributed by atoms with E-state index in [-0.39, 0.29) is 11.5 Å². The molecule has 3 N–H and O–H groups in total. The van der Waals surface area contributed by atoms with Crippen LogP contribution in [0.1, 0.15) is 17.2 Å². The number of nitrogens with zero attached hydrogens (tertiary/aromatic N) is 2. The Balaban J connectivity index is 1.96. The first-order valence-electron chi connectivity index (χ1n) is 6.83. The van der Waals surface area contributed by atoms with E-state index in [2.05, 4.69) is 22.2 Å². The standard InChI is InChI=1S/C14H21N3O2/c1-16-8-10-6-13(18)14(19)7-11(10)12(9-16)17-4-2-15-3-5-17/h6-7,12,15,18-19H,2-5,8-9H2,1H3. The van der Waals surface area contributed by atoms with Crippen LogP contribution in [0.5, 0.6) is 11.5 Å². The third-order valence-corrected chi connectivity index (χ3v) is 4.11. The van der Waals surface area contributed by atoms with Crippen LogP contribution in [-0.4, -0.2) is 59.8 Å². The molecule has 2 heterocycles. The van der Waals surface area contributed by atoms with E-state index in [1.807, 2.05) is 0 Å². The maximum absolute atomic E-state index is 9.76. The minimum atomic E-state index is -0.0203. The Morgan fingerprint density at radius 2 is 1.84 bits per heavy atom. The highest BCUT2D eigenvalue weighted by atomic mass is 16.3. The SMILES string of the molecule is CN1Cc2cc(O)c(O)cc2C(N2CCNCC2)C1. The molecule has 5 nitrogen and oxygen atoms in total. The highest BCUT2D eigenvalue weighted by Gasteiger charge is 2.30. The Morgan fingerprint density at radius 1 is 1.16 bits per heavy atom. The molecule has 1 aromatic rings. The zero-order valence-electron chi connectivity index (χ0n) is 11.3. The molecule has 5 heteroatoms. The highest BCUT2D eigenvalue weighted by molar-refractivity contribution is 5.47. The second-order valence-corrected chi connectivity index (χ2v) is 5.54. The number of nitrogens with one attached hydrogen (secondary N) is 1.